The highest BCUT2D eigenvalue weighted by atomic mass is 32.2. The number of esters is 1. The number of rotatable bonds is 10. The molecule has 0 bridgehead atoms. The number of carbonyl (C=O) groups is 1. The van der Waals surface area contributed by atoms with E-state index in [9.17, 15) is 13.2 Å². The number of nitrogens with zero attached hydrogens (tertiary/aromatic N) is 1. The minimum absolute atomic E-state index is 0.0343. The van der Waals surface area contributed by atoms with E-state index in [1.165, 1.54) is 33.3 Å². The van der Waals surface area contributed by atoms with Crippen LogP contribution in [0.2, 0.25) is 0 Å². The lowest BCUT2D eigenvalue weighted by Gasteiger charge is -2.12. The lowest BCUT2D eigenvalue weighted by atomic mass is 10.2. The molecule has 0 amide bonds. The van der Waals surface area contributed by atoms with Crippen molar-refractivity contribution in [3.05, 3.63) is 48.0 Å². The largest absolute Gasteiger partial charge is 0.493 e. The summed E-state index contributed by atoms with van der Waals surface area (Å²) in [6, 6.07) is 10.8. The molecule has 0 radical (unpaired) electrons. The third kappa shape index (κ3) is 5.85. The van der Waals surface area contributed by atoms with Crippen molar-refractivity contribution in [3.63, 3.8) is 0 Å². The SMILES string of the molecule is CCOc1cc(C(=O)OCCOc2ccc(S(=O)(=O)N(C)C)cc2)ccc1OC. The topological polar surface area (TPSA) is 91.4 Å². The number of carbonyl (C=O) groups excluding carboxylic acids is 1. The average Bonchev–Trinajstić information content (AvgIpc) is 2.71. The van der Waals surface area contributed by atoms with Gasteiger partial charge >= 0.3 is 5.97 Å². The van der Waals surface area contributed by atoms with Gasteiger partial charge in [0.1, 0.15) is 19.0 Å². The fraction of sp³-hybridized carbons (Fsp3) is 0.350. The second-order valence-electron chi connectivity index (χ2n) is 6.04. The molecule has 0 saturated carbocycles. The summed E-state index contributed by atoms with van der Waals surface area (Å²) < 4.78 is 46.5. The van der Waals surface area contributed by atoms with Crippen LogP contribution < -0.4 is 14.2 Å². The van der Waals surface area contributed by atoms with E-state index in [1.807, 2.05) is 6.92 Å². The molecule has 158 valence electrons. The van der Waals surface area contributed by atoms with Crippen LogP contribution in [0.15, 0.2) is 47.4 Å². The molecule has 2 aromatic carbocycles. The van der Waals surface area contributed by atoms with Crippen molar-refractivity contribution in [3.8, 4) is 17.2 Å². The van der Waals surface area contributed by atoms with E-state index in [2.05, 4.69) is 0 Å². The smallest absolute Gasteiger partial charge is 0.338 e. The Morgan fingerprint density at radius 2 is 1.66 bits per heavy atom. The maximum absolute atomic E-state index is 12.2. The third-order valence-electron chi connectivity index (χ3n) is 3.89. The van der Waals surface area contributed by atoms with E-state index in [1.54, 1.807) is 30.3 Å². The summed E-state index contributed by atoms with van der Waals surface area (Å²) in [5.74, 6) is 0.964. The zero-order chi connectivity index (χ0) is 21.4. The summed E-state index contributed by atoms with van der Waals surface area (Å²) in [7, 11) is 0.972. The van der Waals surface area contributed by atoms with Crippen molar-refractivity contribution in [2.45, 2.75) is 11.8 Å². The summed E-state index contributed by atoms with van der Waals surface area (Å²) in [4.78, 5) is 12.4. The van der Waals surface area contributed by atoms with E-state index >= 15 is 0 Å². The molecule has 2 rings (SSSR count). The van der Waals surface area contributed by atoms with Crippen LogP contribution in [-0.4, -0.2) is 59.7 Å². The number of benzene rings is 2. The van der Waals surface area contributed by atoms with E-state index in [0.29, 0.717) is 29.4 Å². The molecule has 8 nitrogen and oxygen atoms in total. The van der Waals surface area contributed by atoms with Gasteiger partial charge in [-0.25, -0.2) is 17.5 Å². The van der Waals surface area contributed by atoms with Crippen LogP contribution in [0.25, 0.3) is 0 Å². The molecule has 0 aliphatic carbocycles. The molecule has 0 aliphatic rings. The van der Waals surface area contributed by atoms with Gasteiger partial charge in [0.2, 0.25) is 10.0 Å². The Bertz CT molecular complexity index is 924. The molecule has 0 spiro atoms. The number of sulfonamides is 1. The van der Waals surface area contributed by atoms with E-state index in [4.69, 9.17) is 18.9 Å². The normalized spacial score (nSPS) is 11.2. The molecule has 0 atom stereocenters. The summed E-state index contributed by atoms with van der Waals surface area (Å²) in [6.07, 6.45) is 0. The molecule has 0 aliphatic heterocycles. The summed E-state index contributed by atoms with van der Waals surface area (Å²) in [6.45, 7) is 2.44. The summed E-state index contributed by atoms with van der Waals surface area (Å²) in [5, 5.41) is 0. The Morgan fingerprint density at radius 1 is 0.966 bits per heavy atom. The molecular weight excluding hydrogens is 398 g/mol. The van der Waals surface area contributed by atoms with Gasteiger partial charge in [-0.1, -0.05) is 0 Å². The standard InChI is InChI=1S/C20H25NO7S/c1-5-26-19-14-15(6-11-18(19)25-4)20(22)28-13-12-27-16-7-9-17(10-8-16)29(23,24)21(2)3/h6-11,14H,5,12-13H2,1-4H3. The molecule has 0 saturated heterocycles. The van der Waals surface area contributed by atoms with Crippen LogP contribution in [0, 0.1) is 0 Å². The Labute approximate surface area is 171 Å². The molecular formula is C20H25NO7S. The first kappa shape index (κ1) is 22.5. The van der Waals surface area contributed by atoms with Crippen LogP contribution in [0.1, 0.15) is 17.3 Å². The van der Waals surface area contributed by atoms with Crippen molar-refractivity contribution in [1.29, 1.82) is 0 Å². The van der Waals surface area contributed by atoms with Gasteiger partial charge in [-0.2, -0.15) is 0 Å². The van der Waals surface area contributed by atoms with Gasteiger partial charge in [-0.3, -0.25) is 0 Å². The minimum Gasteiger partial charge on any atom is -0.493 e. The van der Waals surface area contributed by atoms with Crippen LogP contribution >= 0.6 is 0 Å². The molecule has 0 aromatic heterocycles. The highest BCUT2D eigenvalue weighted by Crippen LogP contribution is 2.28. The van der Waals surface area contributed by atoms with Crippen LogP contribution in [0.3, 0.4) is 0 Å². The van der Waals surface area contributed by atoms with Gasteiger partial charge in [0.15, 0.2) is 11.5 Å². The first-order chi connectivity index (χ1) is 13.8. The Morgan fingerprint density at radius 3 is 2.24 bits per heavy atom. The van der Waals surface area contributed by atoms with Gasteiger partial charge < -0.3 is 18.9 Å². The zero-order valence-electron chi connectivity index (χ0n) is 16.9. The predicted octanol–water partition coefficient (Wildman–Crippen LogP) is 2.58. The first-order valence-corrected chi connectivity index (χ1v) is 10.4. The highest BCUT2D eigenvalue weighted by Gasteiger charge is 2.17. The molecule has 0 N–H and O–H groups in total. The van der Waals surface area contributed by atoms with Gasteiger partial charge in [-0.05, 0) is 49.4 Å². The van der Waals surface area contributed by atoms with Crippen molar-refractivity contribution < 1.29 is 32.2 Å². The number of hydrogen-bond acceptors (Lipinski definition) is 7. The average molecular weight is 423 g/mol. The number of hydrogen-bond donors (Lipinski definition) is 0. The monoisotopic (exact) mass is 423 g/mol. The van der Waals surface area contributed by atoms with Gasteiger partial charge in [0.05, 0.1) is 24.2 Å². The summed E-state index contributed by atoms with van der Waals surface area (Å²) in [5.41, 5.74) is 0.340. The van der Waals surface area contributed by atoms with Crippen molar-refractivity contribution >= 4 is 16.0 Å². The van der Waals surface area contributed by atoms with Crippen molar-refractivity contribution in [1.82, 2.24) is 4.31 Å². The quantitative estimate of drug-likeness (QED) is 0.428. The van der Waals surface area contributed by atoms with Gasteiger partial charge in [0.25, 0.3) is 0 Å². The van der Waals surface area contributed by atoms with E-state index < -0.39 is 16.0 Å². The van der Waals surface area contributed by atoms with Crippen LogP contribution in [0.5, 0.6) is 17.2 Å². The molecule has 2 aromatic rings. The van der Waals surface area contributed by atoms with Crippen molar-refractivity contribution in [2.75, 3.05) is 41.0 Å². The van der Waals surface area contributed by atoms with Gasteiger partial charge in [0, 0.05) is 14.1 Å². The highest BCUT2D eigenvalue weighted by molar-refractivity contribution is 7.89. The lowest BCUT2D eigenvalue weighted by molar-refractivity contribution is 0.0450. The molecule has 0 heterocycles. The maximum Gasteiger partial charge on any atom is 0.338 e. The molecule has 0 unspecified atom stereocenters. The van der Waals surface area contributed by atoms with Crippen LogP contribution in [-0.2, 0) is 14.8 Å². The van der Waals surface area contributed by atoms with E-state index in [-0.39, 0.29) is 18.1 Å². The fourth-order valence-electron chi connectivity index (χ4n) is 2.37. The maximum atomic E-state index is 12.2. The van der Waals surface area contributed by atoms with Crippen molar-refractivity contribution in [2.24, 2.45) is 0 Å². The Kier molecular flexibility index (Phi) is 7.86. The van der Waals surface area contributed by atoms with Gasteiger partial charge in [-0.15, -0.1) is 0 Å². The Hall–Kier alpha value is -2.78. The number of methoxy groups -OCH3 is 1. The molecule has 9 heteroatoms. The minimum atomic E-state index is -3.48. The first-order valence-electron chi connectivity index (χ1n) is 8.93. The summed E-state index contributed by atoms with van der Waals surface area (Å²) >= 11 is 0. The Balaban J connectivity index is 1.87. The van der Waals surface area contributed by atoms with Crippen LogP contribution in [0.4, 0.5) is 0 Å². The third-order valence-corrected chi connectivity index (χ3v) is 5.72. The lowest BCUT2D eigenvalue weighted by Crippen LogP contribution is -2.22. The predicted molar refractivity (Wildman–Crippen MR) is 107 cm³/mol. The second kappa shape index (κ2) is 10.1. The van der Waals surface area contributed by atoms with E-state index in [0.717, 1.165) is 4.31 Å². The second-order valence-corrected chi connectivity index (χ2v) is 8.19. The molecule has 29 heavy (non-hydrogen) atoms. The zero-order valence-corrected chi connectivity index (χ0v) is 17.7. The molecule has 0 fully saturated rings. The number of ether oxygens (including phenoxy) is 4. The fourth-order valence-corrected chi connectivity index (χ4v) is 3.27.